The van der Waals surface area contributed by atoms with E-state index in [1.807, 2.05) is 4.57 Å². The van der Waals surface area contributed by atoms with Crippen molar-refractivity contribution in [3.05, 3.63) is 77.1 Å². The molecule has 1 aliphatic carbocycles. The third-order valence-electron chi connectivity index (χ3n) is 9.59. The van der Waals surface area contributed by atoms with Gasteiger partial charge in [-0.15, -0.1) is 4.72 Å². The molecule has 2 N–H and O–H groups in total. The SMILES string of the molecule is CN1C(=O)c2cccc(OC(F)F)c2[C@H]2C[C@@H]1c1nc3ccc(-c4cnc(C5(N[S@+]([O-])C(C)(C)C)CC(O)(C(F)(F)F)C5)c(F)c4)cc3n12. The minimum Gasteiger partial charge on any atom is -0.598 e. The lowest BCUT2D eigenvalue weighted by molar-refractivity contribution is -0.306. The maximum atomic E-state index is 15.9. The summed E-state index contributed by atoms with van der Waals surface area (Å²) in [4.78, 5) is 23.9. The Morgan fingerprint density at radius 3 is 2.45 bits per heavy atom. The second-order valence-corrected chi connectivity index (χ2v) is 15.8. The third-order valence-corrected chi connectivity index (χ3v) is 11.3. The number of rotatable bonds is 6. The van der Waals surface area contributed by atoms with Crippen LogP contribution in [0.15, 0.2) is 48.7 Å². The fraction of sp³-hybridized carbons (Fsp3) is 0.424. The fourth-order valence-electron chi connectivity index (χ4n) is 7.17. The van der Waals surface area contributed by atoms with Gasteiger partial charge in [-0.05, 0) is 56.7 Å². The van der Waals surface area contributed by atoms with Crippen molar-refractivity contribution in [1.29, 1.82) is 0 Å². The first-order valence-corrected chi connectivity index (χ1v) is 16.5. The highest BCUT2D eigenvalue weighted by Crippen LogP contribution is 2.56. The molecule has 2 aliphatic heterocycles. The number of fused-ring (bicyclic) bond motifs is 9. The normalized spacial score (nSPS) is 25.7. The number of ether oxygens (including phenoxy) is 1. The van der Waals surface area contributed by atoms with E-state index < -0.39 is 76.5 Å². The van der Waals surface area contributed by atoms with Crippen LogP contribution in [0.25, 0.3) is 22.2 Å². The van der Waals surface area contributed by atoms with Gasteiger partial charge in [0.2, 0.25) is 0 Å². The molecule has 2 bridgehead atoms. The number of pyridine rings is 1. The number of imidazole rings is 1. The Kier molecular flexibility index (Phi) is 7.60. The van der Waals surface area contributed by atoms with Crippen LogP contribution in [0, 0.1) is 5.82 Å². The summed E-state index contributed by atoms with van der Waals surface area (Å²) < 4.78 is 105. The van der Waals surface area contributed by atoms with E-state index in [-0.39, 0.29) is 22.8 Å². The average Bonchev–Trinajstić information content (AvgIpc) is 3.51. The Morgan fingerprint density at radius 2 is 1.82 bits per heavy atom. The van der Waals surface area contributed by atoms with E-state index in [1.165, 1.54) is 23.2 Å². The average molecular weight is 708 g/mol. The number of nitrogens with zero attached hydrogens (tertiary/aromatic N) is 4. The van der Waals surface area contributed by atoms with Crippen LogP contribution in [0.3, 0.4) is 0 Å². The van der Waals surface area contributed by atoms with Crippen LogP contribution in [0.1, 0.15) is 79.6 Å². The first-order valence-electron chi connectivity index (χ1n) is 15.4. The molecule has 1 saturated carbocycles. The van der Waals surface area contributed by atoms with Gasteiger partial charge in [0.1, 0.15) is 33.4 Å². The van der Waals surface area contributed by atoms with Gasteiger partial charge in [0.05, 0.1) is 23.1 Å². The molecular formula is C33H31F6N5O4S. The fourth-order valence-corrected chi connectivity index (χ4v) is 8.07. The lowest BCUT2D eigenvalue weighted by Gasteiger charge is -2.53. The highest BCUT2D eigenvalue weighted by Gasteiger charge is 2.70. The summed E-state index contributed by atoms with van der Waals surface area (Å²) in [5.41, 5.74) is -3.02. The van der Waals surface area contributed by atoms with Gasteiger partial charge < -0.3 is 23.9 Å². The molecule has 49 heavy (non-hydrogen) atoms. The maximum Gasteiger partial charge on any atom is 0.417 e. The number of benzene rings is 2. The second-order valence-electron chi connectivity index (χ2n) is 13.8. The van der Waals surface area contributed by atoms with E-state index in [0.717, 1.165) is 6.07 Å². The Labute approximate surface area is 279 Å². The van der Waals surface area contributed by atoms with Crippen LogP contribution in [0.2, 0.25) is 0 Å². The van der Waals surface area contributed by atoms with Gasteiger partial charge in [-0.2, -0.15) is 22.0 Å². The lowest BCUT2D eigenvalue weighted by atomic mass is 9.63. The molecule has 4 heterocycles. The predicted molar refractivity (Wildman–Crippen MR) is 167 cm³/mol. The zero-order valence-corrected chi connectivity index (χ0v) is 27.4. The molecule has 3 aliphatic rings. The van der Waals surface area contributed by atoms with Crippen molar-refractivity contribution in [3.63, 3.8) is 0 Å². The highest BCUT2D eigenvalue weighted by atomic mass is 32.2. The molecule has 1 fully saturated rings. The van der Waals surface area contributed by atoms with Gasteiger partial charge in [0.15, 0.2) is 5.60 Å². The molecule has 7 rings (SSSR count). The first-order chi connectivity index (χ1) is 22.8. The van der Waals surface area contributed by atoms with Gasteiger partial charge in [0.25, 0.3) is 5.91 Å². The molecule has 2 aromatic heterocycles. The van der Waals surface area contributed by atoms with Crippen LogP contribution < -0.4 is 9.46 Å². The molecule has 0 unspecified atom stereocenters. The summed E-state index contributed by atoms with van der Waals surface area (Å²) in [5, 5.41) is 10.3. The number of hydrogen-bond donors (Lipinski definition) is 2. The summed E-state index contributed by atoms with van der Waals surface area (Å²) in [6.45, 7) is 1.68. The van der Waals surface area contributed by atoms with Crippen LogP contribution >= 0.6 is 0 Å². The predicted octanol–water partition coefficient (Wildman–Crippen LogP) is 6.29. The monoisotopic (exact) mass is 707 g/mol. The molecule has 1 amide bonds. The number of nitrogens with one attached hydrogen (secondary N) is 1. The topological polar surface area (TPSA) is 116 Å². The third kappa shape index (κ3) is 5.25. The number of amides is 1. The van der Waals surface area contributed by atoms with Crippen LogP contribution in [-0.2, 0) is 16.9 Å². The van der Waals surface area contributed by atoms with E-state index in [9.17, 15) is 36.4 Å². The van der Waals surface area contributed by atoms with E-state index in [0.29, 0.717) is 34.4 Å². The number of carbonyl (C=O) groups excluding carboxylic acids is 1. The molecule has 2 aromatic carbocycles. The van der Waals surface area contributed by atoms with Crippen LogP contribution in [0.5, 0.6) is 5.75 Å². The molecule has 4 aromatic rings. The minimum atomic E-state index is -5.00. The van der Waals surface area contributed by atoms with E-state index in [2.05, 4.69) is 9.71 Å². The summed E-state index contributed by atoms with van der Waals surface area (Å²) in [6.07, 6.45) is -5.33. The molecule has 16 heteroatoms. The van der Waals surface area contributed by atoms with E-state index in [4.69, 9.17) is 9.72 Å². The summed E-state index contributed by atoms with van der Waals surface area (Å²) >= 11 is -1.93. The van der Waals surface area contributed by atoms with Crippen molar-refractivity contribution in [1.82, 2.24) is 24.2 Å². The molecule has 3 atom stereocenters. The summed E-state index contributed by atoms with van der Waals surface area (Å²) in [5.74, 6) is -0.918. The lowest BCUT2D eigenvalue weighted by Crippen LogP contribution is -2.69. The number of alkyl halides is 5. The van der Waals surface area contributed by atoms with Crippen molar-refractivity contribution in [3.8, 4) is 16.9 Å². The Balaban J connectivity index is 1.30. The number of halogens is 6. The standard InChI is InChI=1S/C33H31F6N5O4S/c1-30(2,3)49(47)42-31(14-32(46,15-31)33(37,38)39)26-19(34)10-17(13-40-26)16-8-9-20-21(11-16)44-22-12-23(27(44)41-20)43(4)28(45)18-6-5-7-24(25(18)22)48-29(35)36/h5-11,13,22-23,29,42,46H,12,14-15H2,1-4H3/t22-,23-,31?,32?,49-/m1/s1. The van der Waals surface area contributed by atoms with Crippen molar-refractivity contribution in [2.75, 3.05) is 7.05 Å². The molecule has 0 saturated heterocycles. The molecule has 260 valence electrons. The van der Waals surface area contributed by atoms with E-state index >= 15 is 4.39 Å². The van der Waals surface area contributed by atoms with Gasteiger partial charge in [-0.1, -0.05) is 12.1 Å². The van der Waals surface area contributed by atoms with Gasteiger partial charge >= 0.3 is 12.8 Å². The Bertz CT molecular complexity index is 1990. The van der Waals surface area contributed by atoms with E-state index in [1.54, 1.807) is 52.1 Å². The first kappa shape index (κ1) is 33.6. The van der Waals surface area contributed by atoms with Crippen molar-refractivity contribution < 1.29 is 45.5 Å². The number of aromatic nitrogens is 3. The molecular weight excluding hydrogens is 676 g/mol. The minimum absolute atomic E-state index is 0.129. The Morgan fingerprint density at radius 1 is 1.10 bits per heavy atom. The zero-order chi connectivity index (χ0) is 35.4. The van der Waals surface area contributed by atoms with Gasteiger partial charge in [-0.3, -0.25) is 9.78 Å². The number of aliphatic hydroxyl groups is 1. The van der Waals surface area contributed by atoms with Crippen molar-refractivity contribution in [2.24, 2.45) is 0 Å². The largest absolute Gasteiger partial charge is 0.598 e. The van der Waals surface area contributed by atoms with Crippen LogP contribution in [-0.4, -0.2) is 65.2 Å². The smallest absolute Gasteiger partial charge is 0.417 e. The Hall–Kier alpha value is -3.86. The number of hydrogen-bond acceptors (Lipinski definition) is 7. The van der Waals surface area contributed by atoms with Gasteiger partial charge in [0, 0.05) is 60.6 Å². The summed E-state index contributed by atoms with van der Waals surface area (Å²) in [6, 6.07) is 9.51. The van der Waals surface area contributed by atoms with Crippen molar-refractivity contribution in [2.45, 2.75) is 80.8 Å². The van der Waals surface area contributed by atoms with Crippen molar-refractivity contribution >= 4 is 28.3 Å². The molecule has 9 nitrogen and oxygen atoms in total. The molecule has 0 radical (unpaired) electrons. The van der Waals surface area contributed by atoms with Gasteiger partial charge in [-0.25, -0.2) is 9.37 Å². The molecule has 0 spiro atoms. The number of carbonyl (C=O) groups is 1. The summed E-state index contributed by atoms with van der Waals surface area (Å²) in [7, 11) is 1.62. The quantitative estimate of drug-likeness (QED) is 0.179. The van der Waals surface area contributed by atoms with Crippen LogP contribution in [0.4, 0.5) is 26.3 Å². The highest BCUT2D eigenvalue weighted by molar-refractivity contribution is 7.90. The zero-order valence-electron chi connectivity index (χ0n) is 26.6. The second kappa shape index (κ2) is 11.1. The maximum absolute atomic E-state index is 15.9.